The number of nitrogens with zero attached hydrogens (tertiary/aromatic N) is 2. The number of amides is 1. The molecule has 11 nitrogen and oxygen atoms in total. The van der Waals surface area contributed by atoms with Crippen LogP contribution in [-0.4, -0.2) is 96.0 Å². The lowest BCUT2D eigenvalue weighted by Crippen LogP contribution is -2.74. The first-order valence-electron chi connectivity index (χ1n) is 13.8. The number of aromatic hydroxyl groups is 1. The fourth-order valence-corrected chi connectivity index (χ4v) is 7.29. The number of fused-ring (bicyclic) bond motifs is 3. The highest BCUT2D eigenvalue weighted by Gasteiger charge is 2.69. The third-order valence-electron chi connectivity index (χ3n) is 9.00. The number of nitrogens with two attached hydrogens (primary N) is 1. The normalized spacial score (nSPS) is 28.9. The summed E-state index contributed by atoms with van der Waals surface area (Å²) in [6.07, 6.45) is 0.146. The van der Waals surface area contributed by atoms with Gasteiger partial charge in [0, 0.05) is 18.0 Å². The predicted octanol–water partition coefficient (Wildman–Crippen LogP) is 0.604. The highest BCUT2D eigenvalue weighted by Crippen LogP contribution is 2.52. The molecule has 1 amide bonds. The molecule has 0 heterocycles. The first kappa shape index (κ1) is 29.6. The van der Waals surface area contributed by atoms with Crippen molar-refractivity contribution in [1.82, 2.24) is 9.80 Å². The first-order chi connectivity index (χ1) is 19.7. The van der Waals surface area contributed by atoms with Gasteiger partial charge in [-0.25, -0.2) is 0 Å². The maximum absolute atomic E-state index is 14.0. The molecular weight excluding hydrogens is 542 g/mol. The van der Waals surface area contributed by atoms with Crippen LogP contribution in [0.1, 0.15) is 27.9 Å². The molecule has 3 aliphatic carbocycles. The summed E-state index contributed by atoms with van der Waals surface area (Å²) in [7, 11) is 8.53. The van der Waals surface area contributed by atoms with Gasteiger partial charge in [0.25, 0.3) is 0 Å². The number of Topliss-reactive ketones (excluding diaryl/α,β-unsaturated/α-hetero) is 4. The molecule has 0 radical (unpaired) electrons. The Morgan fingerprint density at radius 1 is 1.05 bits per heavy atom. The van der Waals surface area contributed by atoms with Crippen LogP contribution in [-0.2, 0) is 32.1 Å². The molecule has 0 bridgehead atoms. The quantitative estimate of drug-likeness (QED) is 0.414. The Morgan fingerprint density at radius 2 is 1.74 bits per heavy atom. The summed E-state index contributed by atoms with van der Waals surface area (Å²) in [5, 5.41) is 22.6. The van der Waals surface area contributed by atoms with Gasteiger partial charge >= 0.3 is 0 Å². The van der Waals surface area contributed by atoms with Crippen LogP contribution in [0.2, 0.25) is 0 Å². The first-order valence-corrected chi connectivity index (χ1v) is 13.8. The van der Waals surface area contributed by atoms with Gasteiger partial charge in [-0.2, -0.15) is 0 Å². The number of primary amides is 1. The Morgan fingerprint density at radius 3 is 2.33 bits per heavy atom. The summed E-state index contributed by atoms with van der Waals surface area (Å²) in [6.45, 7) is 0.649. The zero-order chi connectivity index (χ0) is 30.8. The van der Waals surface area contributed by atoms with Gasteiger partial charge in [0.1, 0.15) is 11.5 Å². The number of likely N-dealkylation sites (N-methyl/N-ethyl adjacent to an activating group) is 1. The van der Waals surface area contributed by atoms with Gasteiger partial charge < -0.3 is 25.6 Å². The van der Waals surface area contributed by atoms with E-state index in [4.69, 9.17) is 10.5 Å². The number of rotatable bonds is 6. The molecule has 4 N–H and O–H groups in total. The minimum absolute atomic E-state index is 0.0171. The number of ketones is 4. The van der Waals surface area contributed by atoms with E-state index in [1.165, 1.54) is 18.1 Å². The zero-order valence-electron chi connectivity index (χ0n) is 24.2. The maximum Gasteiger partial charge on any atom is 0.235 e. The minimum Gasteiger partial charge on any atom is -0.507 e. The van der Waals surface area contributed by atoms with Gasteiger partial charge in [0.2, 0.25) is 5.91 Å². The van der Waals surface area contributed by atoms with E-state index in [9.17, 15) is 34.2 Å². The van der Waals surface area contributed by atoms with Gasteiger partial charge in [-0.05, 0) is 81.8 Å². The highest BCUT2D eigenvalue weighted by atomic mass is 16.5. The molecule has 2 aromatic carbocycles. The van der Waals surface area contributed by atoms with Crippen molar-refractivity contribution in [3.8, 4) is 22.6 Å². The van der Waals surface area contributed by atoms with Gasteiger partial charge in [0.05, 0.1) is 24.6 Å². The predicted molar refractivity (Wildman–Crippen MR) is 151 cm³/mol. The van der Waals surface area contributed by atoms with E-state index in [1.807, 2.05) is 37.2 Å². The summed E-state index contributed by atoms with van der Waals surface area (Å²) in [6, 6.07) is 7.66. The lowest BCUT2D eigenvalue weighted by Gasteiger charge is -2.52. The molecule has 2 fully saturated rings. The summed E-state index contributed by atoms with van der Waals surface area (Å²) in [4.78, 5) is 70.4. The number of benzene rings is 2. The van der Waals surface area contributed by atoms with Crippen molar-refractivity contribution in [3.63, 3.8) is 0 Å². The molecule has 0 spiro atoms. The Hall–Kier alpha value is -3.93. The third kappa shape index (κ3) is 4.26. The lowest BCUT2D eigenvalue weighted by molar-refractivity contribution is -0.181. The van der Waals surface area contributed by atoms with E-state index < -0.39 is 64.4 Å². The van der Waals surface area contributed by atoms with Crippen LogP contribution in [0.5, 0.6) is 11.5 Å². The van der Waals surface area contributed by atoms with Crippen molar-refractivity contribution in [3.05, 3.63) is 47.0 Å². The average Bonchev–Trinajstić information content (AvgIpc) is 2.90. The molecule has 5 rings (SSSR count). The summed E-state index contributed by atoms with van der Waals surface area (Å²) >= 11 is 0. The van der Waals surface area contributed by atoms with Crippen LogP contribution in [0.25, 0.3) is 11.1 Å². The van der Waals surface area contributed by atoms with Gasteiger partial charge in [-0.3, -0.25) is 28.9 Å². The van der Waals surface area contributed by atoms with E-state index in [2.05, 4.69) is 0 Å². The van der Waals surface area contributed by atoms with Crippen molar-refractivity contribution < 1.29 is 38.9 Å². The molecule has 0 aromatic heterocycles. The van der Waals surface area contributed by atoms with Crippen LogP contribution in [0, 0.1) is 23.7 Å². The standard InChI is InChI=1S/C31H35N3O8/c1-33(2)13-14-6-9-21(42-5)17(10-14)16-7-8-20(35)23-18(16)11-15-12-19-25(34(3)4)27(37)24(30(32)40)29(39)31(19,41)28(38)22(15)26(23)36/h6-10,15,19,22,24-25,35,41H,11-13H2,1-5H3,(H2,32,40)/t15-,19-,22?,24?,25-,31-/m1/s1. The third-order valence-corrected chi connectivity index (χ3v) is 9.00. The fourth-order valence-electron chi connectivity index (χ4n) is 7.29. The van der Waals surface area contributed by atoms with Crippen LogP contribution < -0.4 is 10.5 Å². The molecule has 11 heteroatoms. The van der Waals surface area contributed by atoms with Crippen LogP contribution in [0.15, 0.2) is 30.3 Å². The Bertz CT molecular complexity index is 1530. The van der Waals surface area contributed by atoms with Gasteiger partial charge in [-0.1, -0.05) is 12.1 Å². The molecule has 2 saturated carbocycles. The van der Waals surface area contributed by atoms with Crippen molar-refractivity contribution >= 4 is 29.0 Å². The molecule has 6 atom stereocenters. The lowest BCUT2D eigenvalue weighted by atomic mass is 9.52. The van der Waals surface area contributed by atoms with E-state index in [0.29, 0.717) is 29.0 Å². The van der Waals surface area contributed by atoms with E-state index in [0.717, 1.165) is 5.56 Å². The average molecular weight is 578 g/mol. The SMILES string of the molecule is COc1ccc(CN(C)C)cc1-c1ccc(O)c2c1C[C@@H]1C[C@@H]3[C@@H](N(C)C)C(=O)C(C(N)=O)C(=O)[C@]3(O)C(=O)C1C2=O. The Labute approximate surface area is 243 Å². The van der Waals surface area contributed by atoms with Crippen molar-refractivity contribution in [2.75, 3.05) is 35.3 Å². The summed E-state index contributed by atoms with van der Waals surface area (Å²) < 4.78 is 5.64. The molecule has 0 saturated heterocycles. The van der Waals surface area contributed by atoms with Gasteiger partial charge in [0.15, 0.2) is 34.7 Å². The largest absolute Gasteiger partial charge is 0.507 e. The number of phenols is 1. The zero-order valence-corrected chi connectivity index (χ0v) is 24.2. The number of hydrogen-bond donors (Lipinski definition) is 3. The number of carbonyl (C=O) groups excluding carboxylic acids is 5. The van der Waals surface area contributed by atoms with E-state index >= 15 is 0 Å². The second kappa shape index (κ2) is 10.4. The molecule has 3 aliphatic rings. The molecule has 0 aliphatic heterocycles. The number of aliphatic hydroxyl groups is 1. The van der Waals surface area contributed by atoms with Crippen molar-refractivity contribution in [2.45, 2.75) is 31.0 Å². The number of methoxy groups -OCH3 is 1. The number of ether oxygens (including phenoxy) is 1. The van der Waals surface area contributed by atoms with Crippen LogP contribution in [0.4, 0.5) is 0 Å². The van der Waals surface area contributed by atoms with E-state index in [1.54, 1.807) is 20.2 Å². The Balaban J connectivity index is 1.66. The number of carbonyl (C=O) groups is 5. The fraction of sp³-hybridized carbons (Fsp3) is 0.452. The second-order valence-electron chi connectivity index (χ2n) is 12.0. The second-order valence-corrected chi connectivity index (χ2v) is 12.0. The number of hydrogen-bond acceptors (Lipinski definition) is 10. The molecule has 42 heavy (non-hydrogen) atoms. The summed E-state index contributed by atoms with van der Waals surface area (Å²) in [5.74, 6) is -10.2. The maximum atomic E-state index is 14.0. The van der Waals surface area contributed by atoms with Crippen molar-refractivity contribution in [1.29, 1.82) is 0 Å². The summed E-state index contributed by atoms with van der Waals surface area (Å²) in [5.41, 5.74) is 5.43. The van der Waals surface area contributed by atoms with Crippen LogP contribution in [0.3, 0.4) is 0 Å². The molecular formula is C31H35N3O8. The van der Waals surface area contributed by atoms with Crippen LogP contribution >= 0.6 is 0 Å². The number of phenolic OH excluding ortho intramolecular Hbond substituents is 1. The Kier molecular flexibility index (Phi) is 7.33. The molecule has 2 aromatic rings. The van der Waals surface area contributed by atoms with Gasteiger partial charge in [-0.15, -0.1) is 0 Å². The highest BCUT2D eigenvalue weighted by molar-refractivity contribution is 6.32. The van der Waals surface area contributed by atoms with Crippen molar-refractivity contribution in [2.24, 2.45) is 29.4 Å². The van der Waals surface area contributed by atoms with E-state index in [-0.39, 0.29) is 24.2 Å². The topological polar surface area (TPSA) is 168 Å². The molecule has 222 valence electrons. The molecule has 2 unspecified atom stereocenters. The smallest absolute Gasteiger partial charge is 0.235 e. The monoisotopic (exact) mass is 577 g/mol. The minimum atomic E-state index is -2.76.